The highest BCUT2D eigenvalue weighted by Gasteiger charge is 2.20. The lowest BCUT2D eigenvalue weighted by Gasteiger charge is -2.23. The number of methoxy groups -OCH3 is 2. The molecule has 1 amide bonds. The first-order valence-electron chi connectivity index (χ1n) is 9.82. The Morgan fingerprint density at radius 2 is 1.79 bits per heavy atom. The van der Waals surface area contributed by atoms with E-state index in [0.29, 0.717) is 24.6 Å². The lowest BCUT2D eigenvalue weighted by molar-refractivity contribution is 0.0731. The monoisotopic (exact) mass is 407 g/mol. The number of rotatable bonds is 7. The van der Waals surface area contributed by atoms with E-state index in [1.54, 1.807) is 25.6 Å². The summed E-state index contributed by atoms with van der Waals surface area (Å²) in [4.78, 5) is 16.5. The number of carbonyl (C=O) groups excluding carboxylic acids is 1. The van der Waals surface area contributed by atoms with E-state index in [2.05, 4.69) is 18.2 Å². The molecule has 0 atom stereocenters. The van der Waals surface area contributed by atoms with Crippen LogP contribution in [0.15, 0.2) is 53.9 Å². The van der Waals surface area contributed by atoms with Gasteiger partial charge in [-0.25, -0.2) is 0 Å². The second kappa shape index (κ2) is 8.70. The maximum Gasteiger partial charge on any atom is 0.254 e. The third kappa shape index (κ3) is 4.30. The van der Waals surface area contributed by atoms with Gasteiger partial charge in [-0.3, -0.25) is 4.79 Å². The molecule has 3 aromatic rings. The zero-order chi connectivity index (χ0) is 20.2. The van der Waals surface area contributed by atoms with Gasteiger partial charge in [0.15, 0.2) is 11.5 Å². The Morgan fingerprint density at radius 3 is 2.55 bits per heavy atom. The van der Waals surface area contributed by atoms with Crippen LogP contribution < -0.4 is 9.47 Å². The minimum atomic E-state index is 0.0582. The van der Waals surface area contributed by atoms with E-state index >= 15 is 0 Å². The maximum absolute atomic E-state index is 13.4. The molecule has 0 bridgehead atoms. The molecule has 0 saturated carbocycles. The van der Waals surface area contributed by atoms with E-state index < -0.39 is 0 Å². The van der Waals surface area contributed by atoms with Crippen LogP contribution in [0.1, 0.15) is 38.3 Å². The number of hydrogen-bond acceptors (Lipinski definition) is 4. The van der Waals surface area contributed by atoms with Gasteiger partial charge in [-0.05, 0) is 71.7 Å². The van der Waals surface area contributed by atoms with Crippen LogP contribution >= 0.6 is 11.3 Å². The van der Waals surface area contributed by atoms with Crippen molar-refractivity contribution in [2.45, 2.75) is 32.4 Å². The Balaban J connectivity index is 1.62. The van der Waals surface area contributed by atoms with Gasteiger partial charge in [-0.2, -0.15) is 0 Å². The molecule has 0 saturated heterocycles. The third-order valence-electron chi connectivity index (χ3n) is 5.38. The van der Waals surface area contributed by atoms with Crippen molar-refractivity contribution in [3.05, 3.63) is 81.0 Å². The first-order chi connectivity index (χ1) is 14.2. The molecule has 150 valence electrons. The second-order valence-electron chi connectivity index (χ2n) is 7.27. The molecule has 1 heterocycles. The highest BCUT2D eigenvalue weighted by Crippen LogP contribution is 2.29. The van der Waals surface area contributed by atoms with Gasteiger partial charge in [-0.1, -0.05) is 18.2 Å². The number of fused-ring (bicyclic) bond motifs is 1. The molecule has 1 aliphatic rings. The van der Waals surface area contributed by atoms with Crippen molar-refractivity contribution in [3.63, 3.8) is 0 Å². The Bertz CT molecular complexity index is 997. The average Bonchev–Trinajstić information content (AvgIpc) is 3.43. The first kappa shape index (κ1) is 19.5. The SMILES string of the molecule is COc1ccc(CN(Cc2cccs2)C(=O)c2ccc3c(c2)CCC3)cc1OC. The largest absolute Gasteiger partial charge is 0.493 e. The fourth-order valence-electron chi connectivity index (χ4n) is 3.88. The number of benzene rings is 2. The summed E-state index contributed by atoms with van der Waals surface area (Å²) in [6.45, 7) is 1.09. The van der Waals surface area contributed by atoms with Crippen molar-refractivity contribution in [2.75, 3.05) is 14.2 Å². The number of ether oxygens (including phenoxy) is 2. The molecule has 0 radical (unpaired) electrons. The van der Waals surface area contributed by atoms with E-state index in [4.69, 9.17) is 9.47 Å². The van der Waals surface area contributed by atoms with Gasteiger partial charge < -0.3 is 14.4 Å². The summed E-state index contributed by atoms with van der Waals surface area (Å²) in [7, 11) is 3.25. The van der Waals surface area contributed by atoms with E-state index in [9.17, 15) is 4.79 Å². The Labute approximate surface area is 175 Å². The summed E-state index contributed by atoms with van der Waals surface area (Å²) in [6, 6.07) is 16.1. The second-order valence-corrected chi connectivity index (χ2v) is 8.30. The highest BCUT2D eigenvalue weighted by molar-refractivity contribution is 7.09. The normalized spacial score (nSPS) is 12.5. The molecule has 1 aliphatic carbocycles. The van der Waals surface area contributed by atoms with Crippen molar-refractivity contribution in [3.8, 4) is 11.5 Å². The lowest BCUT2D eigenvalue weighted by Crippen LogP contribution is -2.30. The fourth-order valence-corrected chi connectivity index (χ4v) is 4.60. The van der Waals surface area contributed by atoms with Gasteiger partial charge in [0.2, 0.25) is 0 Å². The number of hydrogen-bond donors (Lipinski definition) is 0. The zero-order valence-corrected chi connectivity index (χ0v) is 17.6. The summed E-state index contributed by atoms with van der Waals surface area (Å²) in [5, 5.41) is 2.05. The Morgan fingerprint density at radius 1 is 0.966 bits per heavy atom. The summed E-state index contributed by atoms with van der Waals surface area (Å²) in [6.07, 6.45) is 3.36. The summed E-state index contributed by atoms with van der Waals surface area (Å²) in [5.41, 5.74) is 4.47. The maximum atomic E-state index is 13.4. The molecule has 0 N–H and O–H groups in total. The van der Waals surface area contributed by atoms with Crippen LogP contribution in [-0.4, -0.2) is 25.0 Å². The van der Waals surface area contributed by atoms with Crippen LogP contribution in [-0.2, 0) is 25.9 Å². The van der Waals surface area contributed by atoms with Crippen molar-refractivity contribution < 1.29 is 14.3 Å². The van der Waals surface area contributed by atoms with Gasteiger partial charge in [-0.15, -0.1) is 11.3 Å². The number of amides is 1. The number of aryl methyl sites for hydroxylation is 2. The fraction of sp³-hybridized carbons (Fsp3) is 0.292. The van der Waals surface area contributed by atoms with Gasteiger partial charge >= 0.3 is 0 Å². The van der Waals surface area contributed by atoms with Crippen molar-refractivity contribution in [1.82, 2.24) is 4.90 Å². The average molecular weight is 408 g/mol. The molecule has 0 spiro atoms. The molecule has 29 heavy (non-hydrogen) atoms. The summed E-state index contributed by atoms with van der Waals surface area (Å²) in [5.74, 6) is 1.42. The Hall–Kier alpha value is -2.79. The molecule has 0 fully saturated rings. The van der Waals surface area contributed by atoms with E-state index in [-0.39, 0.29) is 5.91 Å². The van der Waals surface area contributed by atoms with E-state index in [1.165, 1.54) is 22.4 Å². The van der Waals surface area contributed by atoms with Gasteiger partial charge in [0.05, 0.1) is 20.8 Å². The topological polar surface area (TPSA) is 38.8 Å². The smallest absolute Gasteiger partial charge is 0.254 e. The molecule has 4 rings (SSSR count). The number of carbonyl (C=O) groups is 1. The van der Waals surface area contributed by atoms with Crippen LogP contribution in [0.2, 0.25) is 0 Å². The van der Waals surface area contributed by atoms with Gasteiger partial charge in [0, 0.05) is 17.0 Å². The van der Waals surface area contributed by atoms with E-state index in [0.717, 1.165) is 24.0 Å². The molecule has 5 heteroatoms. The molecular formula is C24H25NO3S. The molecule has 0 aliphatic heterocycles. The lowest BCUT2D eigenvalue weighted by atomic mass is 10.0. The van der Waals surface area contributed by atoms with Crippen LogP contribution in [0.25, 0.3) is 0 Å². The van der Waals surface area contributed by atoms with Crippen LogP contribution in [0, 0.1) is 0 Å². The minimum absolute atomic E-state index is 0.0582. The quantitative estimate of drug-likeness (QED) is 0.547. The summed E-state index contributed by atoms with van der Waals surface area (Å²) < 4.78 is 10.8. The molecule has 2 aromatic carbocycles. The number of thiophene rings is 1. The first-order valence-corrected chi connectivity index (χ1v) is 10.7. The van der Waals surface area contributed by atoms with Gasteiger partial charge in [0.1, 0.15) is 0 Å². The van der Waals surface area contributed by atoms with Crippen molar-refractivity contribution in [1.29, 1.82) is 0 Å². The predicted molar refractivity (Wildman–Crippen MR) is 116 cm³/mol. The standard InChI is InChI=1S/C24H25NO3S/c1-27-22-11-8-17(13-23(22)28-2)15-25(16-21-7-4-12-29-21)24(26)20-10-9-18-5-3-6-19(18)14-20/h4,7-14H,3,5-6,15-16H2,1-2H3. The molecular weight excluding hydrogens is 382 g/mol. The minimum Gasteiger partial charge on any atom is -0.493 e. The van der Waals surface area contributed by atoms with Crippen molar-refractivity contribution >= 4 is 17.2 Å². The zero-order valence-electron chi connectivity index (χ0n) is 16.8. The Kier molecular flexibility index (Phi) is 5.86. The van der Waals surface area contributed by atoms with Crippen LogP contribution in [0.5, 0.6) is 11.5 Å². The number of nitrogens with zero attached hydrogens (tertiary/aromatic N) is 1. The molecule has 0 unspecified atom stereocenters. The highest BCUT2D eigenvalue weighted by atomic mass is 32.1. The molecule has 1 aromatic heterocycles. The third-order valence-corrected chi connectivity index (χ3v) is 6.24. The van der Waals surface area contributed by atoms with Gasteiger partial charge in [0.25, 0.3) is 5.91 Å². The molecule has 4 nitrogen and oxygen atoms in total. The summed E-state index contributed by atoms with van der Waals surface area (Å²) >= 11 is 1.67. The van der Waals surface area contributed by atoms with E-state index in [1.807, 2.05) is 40.6 Å². The van der Waals surface area contributed by atoms with Crippen LogP contribution in [0.3, 0.4) is 0 Å². The van der Waals surface area contributed by atoms with Crippen LogP contribution in [0.4, 0.5) is 0 Å². The predicted octanol–water partition coefficient (Wildman–Crippen LogP) is 5.10. The van der Waals surface area contributed by atoms with Crippen molar-refractivity contribution in [2.24, 2.45) is 0 Å².